The van der Waals surface area contributed by atoms with E-state index in [1.807, 2.05) is 5.38 Å². The van der Waals surface area contributed by atoms with Gasteiger partial charge < -0.3 is 10.1 Å². The molecule has 1 heterocycles. The molecule has 1 saturated carbocycles. The number of carbonyl (C=O) groups excluding carboxylic acids is 2. The molecule has 1 aliphatic rings. The SMILES string of the molecule is CCOC(=O)Cc1csc(SCC(=O)NC2CCCCC2C)n1. The van der Waals surface area contributed by atoms with Crippen LogP contribution in [0, 0.1) is 5.92 Å². The summed E-state index contributed by atoms with van der Waals surface area (Å²) in [7, 11) is 0. The fourth-order valence-electron chi connectivity index (χ4n) is 2.70. The highest BCUT2D eigenvalue weighted by Gasteiger charge is 2.22. The summed E-state index contributed by atoms with van der Waals surface area (Å²) in [6.45, 7) is 4.37. The largest absolute Gasteiger partial charge is 0.466 e. The highest BCUT2D eigenvalue weighted by atomic mass is 32.2. The molecule has 0 saturated heterocycles. The van der Waals surface area contributed by atoms with Gasteiger partial charge >= 0.3 is 5.97 Å². The second kappa shape index (κ2) is 9.27. The van der Waals surface area contributed by atoms with Gasteiger partial charge in [0.15, 0.2) is 4.34 Å². The first kappa shape index (κ1) is 18.3. The van der Waals surface area contributed by atoms with E-state index in [2.05, 4.69) is 17.2 Å². The topological polar surface area (TPSA) is 68.3 Å². The Labute approximate surface area is 145 Å². The van der Waals surface area contributed by atoms with Gasteiger partial charge in [-0.05, 0) is 25.7 Å². The van der Waals surface area contributed by atoms with Crippen LogP contribution < -0.4 is 5.32 Å². The van der Waals surface area contributed by atoms with E-state index in [1.54, 1.807) is 6.92 Å². The number of esters is 1. The van der Waals surface area contributed by atoms with Crippen molar-refractivity contribution in [2.24, 2.45) is 5.92 Å². The molecule has 2 unspecified atom stereocenters. The molecule has 0 aliphatic heterocycles. The number of amides is 1. The van der Waals surface area contributed by atoms with E-state index in [4.69, 9.17) is 4.74 Å². The smallest absolute Gasteiger partial charge is 0.311 e. The van der Waals surface area contributed by atoms with Crippen LogP contribution >= 0.6 is 23.1 Å². The number of carbonyl (C=O) groups is 2. The van der Waals surface area contributed by atoms with Gasteiger partial charge in [0.05, 0.1) is 24.5 Å². The molecule has 2 rings (SSSR count). The van der Waals surface area contributed by atoms with E-state index in [0.29, 0.717) is 30.0 Å². The zero-order valence-electron chi connectivity index (χ0n) is 13.7. The predicted molar refractivity (Wildman–Crippen MR) is 92.7 cm³/mol. The van der Waals surface area contributed by atoms with Crippen LogP contribution in [0.15, 0.2) is 9.72 Å². The summed E-state index contributed by atoms with van der Waals surface area (Å²) in [6, 6.07) is 0.313. The summed E-state index contributed by atoms with van der Waals surface area (Å²) in [5.41, 5.74) is 0.706. The molecule has 1 aromatic rings. The van der Waals surface area contributed by atoms with Crippen molar-refractivity contribution in [3.63, 3.8) is 0 Å². The number of hydrogen-bond acceptors (Lipinski definition) is 6. The van der Waals surface area contributed by atoms with Crippen LogP contribution in [0.25, 0.3) is 0 Å². The van der Waals surface area contributed by atoms with Crippen LogP contribution in [0.4, 0.5) is 0 Å². The third-order valence-electron chi connectivity index (χ3n) is 3.95. The molecule has 128 valence electrons. The summed E-state index contributed by atoms with van der Waals surface area (Å²) in [5, 5.41) is 4.99. The Morgan fingerprint density at radius 1 is 1.43 bits per heavy atom. The lowest BCUT2D eigenvalue weighted by atomic mass is 9.86. The van der Waals surface area contributed by atoms with Crippen LogP contribution in [-0.2, 0) is 20.7 Å². The Bertz CT molecular complexity index is 533. The van der Waals surface area contributed by atoms with E-state index >= 15 is 0 Å². The Balaban J connectivity index is 1.74. The molecular weight excluding hydrogens is 332 g/mol. The van der Waals surface area contributed by atoms with E-state index in [0.717, 1.165) is 10.8 Å². The maximum Gasteiger partial charge on any atom is 0.311 e. The van der Waals surface area contributed by atoms with Gasteiger partial charge in [0.2, 0.25) is 5.91 Å². The first-order chi connectivity index (χ1) is 11.1. The fourth-order valence-corrected chi connectivity index (χ4v) is 4.36. The van der Waals surface area contributed by atoms with Gasteiger partial charge in [-0.3, -0.25) is 9.59 Å². The molecule has 1 amide bonds. The van der Waals surface area contributed by atoms with Crippen molar-refractivity contribution in [2.75, 3.05) is 12.4 Å². The summed E-state index contributed by atoms with van der Waals surface area (Å²) < 4.78 is 5.72. The van der Waals surface area contributed by atoms with Crippen molar-refractivity contribution in [3.05, 3.63) is 11.1 Å². The number of nitrogens with one attached hydrogen (secondary N) is 1. The molecule has 0 spiro atoms. The van der Waals surface area contributed by atoms with Gasteiger partial charge in [-0.25, -0.2) is 4.98 Å². The van der Waals surface area contributed by atoms with Crippen molar-refractivity contribution < 1.29 is 14.3 Å². The molecule has 1 N–H and O–H groups in total. The maximum absolute atomic E-state index is 12.1. The third kappa shape index (κ3) is 6.14. The van der Waals surface area contributed by atoms with Gasteiger partial charge in [-0.15, -0.1) is 11.3 Å². The zero-order chi connectivity index (χ0) is 16.7. The van der Waals surface area contributed by atoms with Crippen molar-refractivity contribution in [3.8, 4) is 0 Å². The lowest BCUT2D eigenvalue weighted by molar-refractivity contribution is -0.142. The van der Waals surface area contributed by atoms with Gasteiger partial charge in [0, 0.05) is 11.4 Å². The number of hydrogen-bond donors (Lipinski definition) is 1. The molecule has 1 aliphatic carbocycles. The Hall–Kier alpha value is -1.08. The molecule has 7 heteroatoms. The summed E-state index contributed by atoms with van der Waals surface area (Å²) in [4.78, 5) is 27.8. The van der Waals surface area contributed by atoms with Gasteiger partial charge in [0.1, 0.15) is 0 Å². The average molecular weight is 357 g/mol. The highest BCUT2D eigenvalue weighted by Crippen LogP contribution is 2.25. The normalized spacial score (nSPS) is 21.0. The molecular formula is C16H24N2O3S2. The summed E-state index contributed by atoms with van der Waals surface area (Å²) in [5.74, 6) is 0.735. The molecule has 0 bridgehead atoms. The van der Waals surface area contributed by atoms with Gasteiger partial charge in [-0.1, -0.05) is 31.5 Å². The number of nitrogens with zero attached hydrogens (tertiary/aromatic N) is 1. The molecule has 1 aromatic heterocycles. The Kier molecular flexibility index (Phi) is 7.36. The van der Waals surface area contributed by atoms with Crippen LogP contribution in [0.1, 0.15) is 45.2 Å². The average Bonchev–Trinajstić information content (AvgIpc) is 2.95. The van der Waals surface area contributed by atoms with E-state index in [9.17, 15) is 9.59 Å². The van der Waals surface area contributed by atoms with Gasteiger partial charge in [0.25, 0.3) is 0 Å². The van der Waals surface area contributed by atoms with Crippen LogP contribution in [0.3, 0.4) is 0 Å². The minimum Gasteiger partial charge on any atom is -0.466 e. The van der Waals surface area contributed by atoms with Crippen LogP contribution in [-0.4, -0.2) is 35.3 Å². The molecule has 1 fully saturated rings. The molecule has 0 aromatic carbocycles. The number of rotatable bonds is 7. The summed E-state index contributed by atoms with van der Waals surface area (Å²) >= 11 is 2.89. The van der Waals surface area contributed by atoms with E-state index < -0.39 is 0 Å². The zero-order valence-corrected chi connectivity index (χ0v) is 15.3. The third-order valence-corrected chi connectivity index (χ3v) is 6.02. The van der Waals surface area contributed by atoms with Crippen LogP contribution in [0.5, 0.6) is 0 Å². The Morgan fingerprint density at radius 2 is 2.22 bits per heavy atom. The minimum absolute atomic E-state index is 0.0656. The van der Waals surface area contributed by atoms with Crippen molar-refractivity contribution in [1.29, 1.82) is 0 Å². The second-order valence-corrected chi connectivity index (χ2v) is 7.89. The van der Waals surface area contributed by atoms with Crippen molar-refractivity contribution >= 4 is 35.0 Å². The number of ether oxygens (including phenoxy) is 1. The highest BCUT2D eigenvalue weighted by molar-refractivity contribution is 8.01. The monoisotopic (exact) mass is 356 g/mol. The number of aromatic nitrogens is 1. The maximum atomic E-state index is 12.1. The molecule has 23 heavy (non-hydrogen) atoms. The molecule has 5 nitrogen and oxygen atoms in total. The van der Waals surface area contributed by atoms with Crippen molar-refractivity contribution in [2.45, 2.75) is 56.3 Å². The lowest BCUT2D eigenvalue weighted by Gasteiger charge is -2.29. The second-order valence-electron chi connectivity index (χ2n) is 5.81. The fraction of sp³-hybridized carbons (Fsp3) is 0.688. The van der Waals surface area contributed by atoms with E-state index in [-0.39, 0.29) is 18.3 Å². The Morgan fingerprint density at radius 3 is 2.96 bits per heavy atom. The first-order valence-electron chi connectivity index (χ1n) is 8.10. The standard InChI is InChI=1S/C16H24N2O3S2/c1-3-21-15(20)8-12-9-22-16(17-12)23-10-14(19)18-13-7-5-4-6-11(13)2/h9,11,13H,3-8,10H2,1-2H3,(H,18,19). The molecule has 2 atom stereocenters. The number of thiazole rings is 1. The number of thioether (sulfide) groups is 1. The summed E-state index contributed by atoms with van der Waals surface area (Å²) in [6.07, 6.45) is 4.94. The van der Waals surface area contributed by atoms with Gasteiger partial charge in [-0.2, -0.15) is 0 Å². The van der Waals surface area contributed by atoms with Crippen LogP contribution in [0.2, 0.25) is 0 Å². The minimum atomic E-state index is -0.265. The van der Waals surface area contributed by atoms with Crippen molar-refractivity contribution in [1.82, 2.24) is 10.3 Å². The predicted octanol–water partition coefficient (Wildman–Crippen LogP) is 3.04. The lowest BCUT2D eigenvalue weighted by Crippen LogP contribution is -2.41. The first-order valence-corrected chi connectivity index (χ1v) is 9.97. The quantitative estimate of drug-likeness (QED) is 0.601. The van der Waals surface area contributed by atoms with E-state index in [1.165, 1.54) is 42.4 Å². The molecule has 0 radical (unpaired) electrons.